The molecule has 0 N–H and O–H groups in total. The van der Waals surface area contributed by atoms with Crippen LogP contribution in [0.2, 0.25) is 0 Å². The number of rotatable bonds is 7. The Bertz CT molecular complexity index is 808. The van der Waals surface area contributed by atoms with Crippen molar-refractivity contribution in [3.63, 3.8) is 0 Å². The Labute approximate surface area is 146 Å². The highest BCUT2D eigenvalue weighted by atomic mass is 35.5. The fourth-order valence-corrected chi connectivity index (χ4v) is 4.07. The maximum atomic E-state index is 13.1. The summed E-state index contributed by atoms with van der Waals surface area (Å²) >= 11 is 5.61. The van der Waals surface area contributed by atoms with Crippen LogP contribution in [0.25, 0.3) is 0 Å². The molecule has 0 amide bonds. The van der Waals surface area contributed by atoms with Gasteiger partial charge in [0.1, 0.15) is 11.8 Å². The van der Waals surface area contributed by atoms with E-state index >= 15 is 0 Å². The summed E-state index contributed by atoms with van der Waals surface area (Å²) in [6, 6.07) is 13.4. The third kappa shape index (κ3) is 3.71. The molecule has 0 radical (unpaired) electrons. The molecule has 0 aliphatic rings. The van der Waals surface area contributed by atoms with Crippen molar-refractivity contribution in [3.05, 3.63) is 54.6 Å². The third-order valence-corrected chi connectivity index (χ3v) is 5.60. The molecule has 0 bridgehead atoms. The number of sulfonamides is 1. The first-order valence-corrected chi connectivity index (χ1v) is 9.22. The number of anilines is 1. The molecule has 0 saturated heterocycles. The van der Waals surface area contributed by atoms with E-state index in [2.05, 4.69) is 0 Å². The summed E-state index contributed by atoms with van der Waals surface area (Å²) in [5.41, 5.74) is 0.268. The lowest BCUT2D eigenvalue weighted by Crippen LogP contribution is -2.42. The van der Waals surface area contributed by atoms with E-state index < -0.39 is 21.3 Å². The molecule has 0 fully saturated rings. The second-order valence-electron chi connectivity index (χ2n) is 4.99. The van der Waals surface area contributed by atoms with Crippen molar-refractivity contribution in [2.75, 3.05) is 10.9 Å². The molecule has 2 rings (SSSR count). The number of hydrogen-bond donors (Lipinski definition) is 0. The van der Waals surface area contributed by atoms with Gasteiger partial charge in [-0.25, -0.2) is 8.42 Å². The number of nitrogens with zero attached hydrogens (tertiary/aromatic N) is 1. The van der Waals surface area contributed by atoms with Crippen molar-refractivity contribution in [1.82, 2.24) is 0 Å². The molecular weight excluding hydrogens is 350 g/mol. The van der Waals surface area contributed by atoms with Crippen LogP contribution >= 0.6 is 11.6 Å². The lowest BCUT2D eigenvalue weighted by atomic mass is 10.2. The molecule has 0 aromatic heterocycles. The standard InChI is InChI=1S/C17H18ClNO4S/c1-3-23-16-12-8-7-11-15(16)19(13(2)17(18)20)24(21,22)14-9-5-4-6-10-14/h4-13H,3H2,1-2H3. The fraction of sp³-hybridized carbons (Fsp3) is 0.235. The number of ether oxygens (including phenoxy) is 1. The minimum absolute atomic E-state index is 0.0704. The first-order valence-electron chi connectivity index (χ1n) is 7.40. The van der Waals surface area contributed by atoms with E-state index in [0.717, 1.165) is 4.31 Å². The molecule has 0 spiro atoms. The highest BCUT2D eigenvalue weighted by Crippen LogP contribution is 2.34. The van der Waals surface area contributed by atoms with E-state index in [-0.39, 0.29) is 10.6 Å². The summed E-state index contributed by atoms with van der Waals surface area (Å²) in [4.78, 5) is 11.8. The molecule has 2 aromatic carbocycles. The van der Waals surface area contributed by atoms with Crippen LogP contribution in [0.5, 0.6) is 5.75 Å². The van der Waals surface area contributed by atoms with Gasteiger partial charge in [0, 0.05) is 0 Å². The van der Waals surface area contributed by atoms with Gasteiger partial charge in [0.05, 0.1) is 17.2 Å². The number of halogens is 1. The molecule has 128 valence electrons. The first-order chi connectivity index (χ1) is 11.4. The zero-order valence-corrected chi connectivity index (χ0v) is 14.9. The van der Waals surface area contributed by atoms with Crippen LogP contribution in [0.15, 0.2) is 59.5 Å². The fourth-order valence-electron chi connectivity index (χ4n) is 2.26. The molecule has 2 aromatic rings. The maximum absolute atomic E-state index is 13.1. The largest absolute Gasteiger partial charge is 0.492 e. The molecule has 0 aliphatic carbocycles. The average Bonchev–Trinajstić information content (AvgIpc) is 2.57. The van der Waals surface area contributed by atoms with Gasteiger partial charge in [0.2, 0.25) is 5.24 Å². The molecule has 0 heterocycles. The molecule has 1 atom stereocenters. The van der Waals surface area contributed by atoms with E-state index in [1.165, 1.54) is 19.1 Å². The molecule has 1 unspecified atom stereocenters. The van der Waals surface area contributed by atoms with Crippen molar-refractivity contribution < 1.29 is 17.9 Å². The van der Waals surface area contributed by atoms with Gasteiger partial charge < -0.3 is 4.74 Å². The normalized spacial score (nSPS) is 12.5. The lowest BCUT2D eigenvalue weighted by molar-refractivity contribution is -0.112. The third-order valence-electron chi connectivity index (χ3n) is 3.38. The topological polar surface area (TPSA) is 63.7 Å². The Hall–Kier alpha value is -2.05. The van der Waals surface area contributed by atoms with E-state index in [1.807, 2.05) is 0 Å². The number of para-hydroxylation sites is 2. The maximum Gasteiger partial charge on any atom is 0.265 e. The molecule has 0 aliphatic heterocycles. The summed E-state index contributed by atoms with van der Waals surface area (Å²) in [5, 5.41) is -0.777. The van der Waals surface area contributed by atoms with Crippen LogP contribution in [0.4, 0.5) is 5.69 Å². The SMILES string of the molecule is CCOc1ccccc1N(C(C)C(=O)Cl)S(=O)(=O)c1ccccc1. The van der Waals surface area contributed by atoms with Crippen molar-refractivity contribution >= 4 is 32.6 Å². The van der Waals surface area contributed by atoms with Crippen LogP contribution in [0.3, 0.4) is 0 Å². The molecule has 24 heavy (non-hydrogen) atoms. The second kappa shape index (κ2) is 7.68. The molecule has 0 saturated carbocycles. The Balaban J connectivity index is 2.65. The lowest BCUT2D eigenvalue weighted by Gasteiger charge is -2.29. The number of benzene rings is 2. The van der Waals surface area contributed by atoms with Crippen LogP contribution in [0.1, 0.15) is 13.8 Å². The van der Waals surface area contributed by atoms with Crippen LogP contribution in [-0.4, -0.2) is 26.3 Å². The van der Waals surface area contributed by atoms with Crippen molar-refractivity contribution in [3.8, 4) is 5.75 Å². The second-order valence-corrected chi connectivity index (χ2v) is 7.18. The zero-order chi connectivity index (χ0) is 17.7. The molecular formula is C17H18ClNO4S. The predicted octanol–water partition coefficient (Wildman–Crippen LogP) is 3.43. The first kappa shape index (κ1) is 18.3. The smallest absolute Gasteiger partial charge is 0.265 e. The summed E-state index contributed by atoms with van der Waals surface area (Å²) in [5.74, 6) is 0.365. The van der Waals surface area contributed by atoms with Crippen LogP contribution < -0.4 is 9.04 Å². The number of carbonyl (C=O) groups is 1. The molecule has 5 nitrogen and oxygen atoms in total. The quantitative estimate of drug-likeness (QED) is 0.703. The minimum Gasteiger partial charge on any atom is -0.492 e. The predicted molar refractivity (Wildman–Crippen MR) is 94.0 cm³/mol. The Morgan fingerprint density at radius 1 is 1.12 bits per heavy atom. The Kier molecular flexibility index (Phi) is 5.85. The van der Waals surface area contributed by atoms with Crippen LogP contribution in [0, 0.1) is 0 Å². The molecule has 7 heteroatoms. The van der Waals surface area contributed by atoms with Crippen molar-refractivity contribution in [1.29, 1.82) is 0 Å². The highest BCUT2D eigenvalue weighted by Gasteiger charge is 2.34. The monoisotopic (exact) mass is 367 g/mol. The van der Waals surface area contributed by atoms with Crippen molar-refractivity contribution in [2.24, 2.45) is 0 Å². The summed E-state index contributed by atoms with van der Waals surface area (Å²) in [7, 11) is -3.99. The van der Waals surface area contributed by atoms with Gasteiger partial charge in [-0.1, -0.05) is 30.3 Å². The average molecular weight is 368 g/mol. The number of hydrogen-bond acceptors (Lipinski definition) is 4. The van der Waals surface area contributed by atoms with Gasteiger partial charge in [0.15, 0.2) is 0 Å². The van der Waals surface area contributed by atoms with E-state index in [4.69, 9.17) is 16.3 Å². The summed E-state index contributed by atoms with van der Waals surface area (Å²) in [6.45, 7) is 3.60. The van der Waals surface area contributed by atoms with Gasteiger partial charge in [-0.3, -0.25) is 9.10 Å². The van der Waals surface area contributed by atoms with Gasteiger partial charge >= 0.3 is 0 Å². The highest BCUT2D eigenvalue weighted by molar-refractivity contribution is 7.93. The van der Waals surface area contributed by atoms with Gasteiger partial charge in [0.25, 0.3) is 10.0 Å². The van der Waals surface area contributed by atoms with E-state index in [0.29, 0.717) is 12.4 Å². The minimum atomic E-state index is -3.99. The van der Waals surface area contributed by atoms with E-state index in [1.54, 1.807) is 49.4 Å². The van der Waals surface area contributed by atoms with Crippen molar-refractivity contribution in [2.45, 2.75) is 24.8 Å². The van der Waals surface area contributed by atoms with Crippen LogP contribution in [-0.2, 0) is 14.8 Å². The zero-order valence-electron chi connectivity index (χ0n) is 13.3. The Morgan fingerprint density at radius 2 is 1.71 bits per heavy atom. The summed E-state index contributed by atoms with van der Waals surface area (Å²) < 4.78 is 32.7. The van der Waals surface area contributed by atoms with Gasteiger partial charge in [-0.15, -0.1) is 0 Å². The van der Waals surface area contributed by atoms with Gasteiger partial charge in [-0.2, -0.15) is 0 Å². The number of carbonyl (C=O) groups excluding carboxylic acids is 1. The summed E-state index contributed by atoms with van der Waals surface area (Å²) in [6.07, 6.45) is 0. The van der Waals surface area contributed by atoms with E-state index in [9.17, 15) is 13.2 Å². The van der Waals surface area contributed by atoms with Gasteiger partial charge in [-0.05, 0) is 49.7 Å². The Morgan fingerprint density at radius 3 is 2.29 bits per heavy atom.